The van der Waals surface area contributed by atoms with E-state index in [1.807, 2.05) is 30.5 Å². The first-order valence-corrected chi connectivity index (χ1v) is 7.85. The Balaban J connectivity index is 1.82. The molecule has 1 amide bonds. The van der Waals surface area contributed by atoms with E-state index >= 15 is 0 Å². The summed E-state index contributed by atoms with van der Waals surface area (Å²) in [7, 11) is 0. The lowest BCUT2D eigenvalue weighted by atomic mass is 9.82. The van der Waals surface area contributed by atoms with Crippen LogP contribution in [0.4, 0.5) is 5.69 Å². The van der Waals surface area contributed by atoms with Crippen molar-refractivity contribution in [3.8, 4) is 0 Å². The molecular weight excluding hydrogens is 290 g/mol. The van der Waals surface area contributed by atoms with Gasteiger partial charge in [-0.1, -0.05) is 24.3 Å². The van der Waals surface area contributed by atoms with Gasteiger partial charge in [0.2, 0.25) is 5.91 Å². The highest BCUT2D eigenvalue weighted by molar-refractivity contribution is 7.98. The number of carbonyl (C=O) groups excluding carboxylic acids is 1. The Labute approximate surface area is 126 Å². The van der Waals surface area contributed by atoms with Crippen LogP contribution in [0.25, 0.3) is 0 Å². The number of benzene rings is 1. The van der Waals surface area contributed by atoms with Crippen LogP contribution < -0.4 is 5.32 Å². The third-order valence-electron chi connectivity index (χ3n) is 3.85. The fraction of sp³-hybridized carbons (Fsp3) is 0.333. The van der Waals surface area contributed by atoms with E-state index in [1.165, 1.54) is 11.8 Å². The van der Waals surface area contributed by atoms with Gasteiger partial charge in [0.15, 0.2) is 0 Å². The van der Waals surface area contributed by atoms with Crippen LogP contribution in [0.1, 0.15) is 0 Å². The Morgan fingerprint density at radius 1 is 1.19 bits per heavy atom. The van der Waals surface area contributed by atoms with E-state index in [4.69, 9.17) is 4.74 Å². The van der Waals surface area contributed by atoms with Crippen molar-refractivity contribution in [3.63, 3.8) is 0 Å². The van der Waals surface area contributed by atoms with Crippen molar-refractivity contribution in [1.82, 2.24) is 0 Å². The number of amides is 1. The SMILES string of the molecule is CSc1ccccc1NC(=O)C1C2C=CC(O2)C1C(=O)O. The number of rotatable bonds is 4. The summed E-state index contributed by atoms with van der Waals surface area (Å²) in [6, 6.07) is 7.45. The van der Waals surface area contributed by atoms with Crippen molar-refractivity contribution in [2.45, 2.75) is 17.1 Å². The highest BCUT2D eigenvalue weighted by Gasteiger charge is 2.53. The molecule has 5 nitrogen and oxygen atoms in total. The first-order chi connectivity index (χ1) is 10.1. The van der Waals surface area contributed by atoms with Gasteiger partial charge in [-0.25, -0.2) is 0 Å². The summed E-state index contributed by atoms with van der Waals surface area (Å²) in [4.78, 5) is 24.8. The monoisotopic (exact) mass is 305 g/mol. The number of aliphatic carboxylic acids is 1. The molecule has 2 bridgehead atoms. The van der Waals surface area contributed by atoms with Gasteiger partial charge in [0.25, 0.3) is 0 Å². The number of nitrogens with one attached hydrogen (secondary N) is 1. The molecule has 21 heavy (non-hydrogen) atoms. The molecular formula is C15H15NO4S. The topological polar surface area (TPSA) is 75.6 Å². The maximum atomic E-state index is 12.5. The summed E-state index contributed by atoms with van der Waals surface area (Å²) in [6.45, 7) is 0. The molecule has 0 aliphatic carbocycles. The van der Waals surface area contributed by atoms with Crippen molar-refractivity contribution in [2.75, 3.05) is 11.6 Å². The Morgan fingerprint density at radius 3 is 2.52 bits per heavy atom. The van der Waals surface area contributed by atoms with Crippen LogP contribution in [-0.2, 0) is 14.3 Å². The van der Waals surface area contributed by atoms with E-state index < -0.39 is 30.0 Å². The van der Waals surface area contributed by atoms with Gasteiger partial charge in [-0.3, -0.25) is 9.59 Å². The number of fused-ring (bicyclic) bond motifs is 2. The predicted molar refractivity (Wildman–Crippen MR) is 79.3 cm³/mol. The molecule has 0 saturated carbocycles. The molecule has 1 aromatic carbocycles. The number of hydrogen-bond acceptors (Lipinski definition) is 4. The predicted octanol–water partition coefficient (Wildman–Crippen LogP) is 2.00. The third-order valence-corrected chi connectivity index (χ3v) is 4.65. The maximum Gasteiger partial charge on any atom is 0.310 e. The Kier molecular flexibility index (Phi) is 3.73. The molecule has 0 aromatic heterocycles. The molecule has 4 atom stereocenters. The Hall–Kier alpha value is -1.79. The molecule has 2 aliphatic rings. The lowest BCUT2D eigenvalue weighted by Gasteiger charge is -2.21. The number of carboxylic acids is 1. The van der Waals surface area contributed by atoms with Crippen molar-refractivity contribution in [2.24, 2.45) is 11.8 Å². The van der Waals surface area contributed by atoms with Crippen molar-refractivity contribution in [3.05, 3.63) is 36.4 Å². The minimum Gasteiger partial charge on any atom is -0.481 e. The van der Waals surface area contributed by atoms with Gasteiger partial charge in [-0.05, 0) is 18.4 Å². The third kappa shape index (κ3) is 2.45. The largest absolute Gasteiger partial charge is 0.481 e. The number of hydrogen-bond donors (Lipinski definition) is 2. The first-order valence-electron chi connectivity index (χ1n) is 6.62. The zero-order chi connectivity index (χ0) is 15.0. The van der Waals surface area contributed by atoms with E-state index in [-0.39, 0.29) is 5.91 Å². The van der Waals surface area contributed by atoms with Crippen LogP contribution in [0.2, 0.25) is 0 Å². The normalized spacial score (nSPS) is 29.6. The summed E-state index contributed by atoms with van der Waals surface area (Å²) in [5.74, 6) is -2.81. The minimum atomic E-state index is -0.995. The number of carbonyl (C=O) groups is 2. The fourth-order valence-electron chi connectivity index (χ4n) is 2.88. The van der Waals surface area contributed by atoms with E-state index in [9.17, 15) is 14.7 Å². The second-order valence-electron chi connectivity index (χ2n) is 5.03. The van der Waals surface area contributed by atoms with Gasteiger partial charge in [0.05, 0.1) is 23.8 Å². The molecule has 6 heteroatoms. The highest BCUT2D eigenvalue weighted by Crippen LogP contribution is 2.40. The second kappa shape index (κ2) is 5.54. The molecule has 3 rings (SSSR count). The summed E-state index contributed by atoms with van der Waals surface area (Å²) in [5, 5.41) is 12.2. The van der Waals surface area contributed by atoms with E-state index in [0.29, 0.717) is 5.69 Å². The molecule has 0 radical (unpaired) electrons. The van der Waals surface area contributed by atoms with Gasteiger partial charge in [0, 0.05) is 4.90 Å². The summed E-state index contributed by atoms with van der Waals surface area (Å²) in [6.07, 6.45) is 4.48. The number of thioether (sulfide) groups is 1. The zero-order valence-electron chi connectivity index (χ0n) is 11.4. The summed E-state index contributed by atoms with van der Waals surface area (Å²) >= 11 is 1.53. The number of para-hydroxylation sites is 1. The van der Waals surface area contributed by atoms with Crippen LogP contribution in [-0.4, -0.2) is 35.4 Å². The van der Waals surface area contributed by atoms with Crippen LogP contribution in [0.3, 0.4) is 0 Å². The van der Waals surface area contributed by atoms with Crippen LogP contribution in [0.15, 0.2) is 41.3 Å². The number of ether oxygens (including phenoxy) is 1. The van der Waals surface area contributed by atoms with Crippen LogP contribution >= 0.6 is 11.8 Å². The highest BCUT2D eigenvalue weighted by atomic mass is 32.2. The van der Waals surface area contributed by atoms with Crippen LogP contribution in [0.5, 0.6) is 0 Å². The molecule has 1 fully saturated rings. The second-order valence-corrected chi connectivity index (χ2v) is 5.88. The average Bonchev–Trinajstić information content (AvgIpc) is 3.08. The number of anilines is 1. The maximum absolute atomic E-state index is 12.5. The zero-order valence-corrected chi connectivity index (χ0v) is 12.2. The molecule has 2 heterocycles. The molecule has 4 unspecified atom stereocenters. The summed E-state index contributed by atoms with van der Waals surface area (Å²) in [5.41, 5.74) is 0.700. The minimum absolute atomic E-state index is 0.305. The average molecular weight is 305 g/mol. The Bertz CT molecular complexity index is 615. The van der Waals surface area contributed by atoms with Gasteiger partial charge in [-0.15, -0.1) is 11.8 Å². The van der Waals surface area contributed by atoms with E-state index in [0.717, 1.165) is 4.90 Å². The van der Waals surface area contributed by atoms with Crippen molar-refractivity contribution in [1.29, 1.82) is 0 Å². The molecule has 1 aromatic rings. The molecule has 1 saturated heterocycles. The van der Waals surface area contributed by atoms with E-state index in [2.05, 4.69) is 5.32 Å². The lowest BCUT2D eigenvalue weighted by Crippen LogP contribution is -2.39. The molecule has 0 spiro atoms. The quantitative estimate of drug-likeness (QED) is 0.657. The van der Waals surface area contributed by atoms with Crippen molar-refractivity contribution < 1.29 is 19.4 Å². The van der Waals surface area contributed by atoms with Crippen molar-refractivity contribution >= 4 is 29.3 Å². The van der Waals surface area contributed by atoms with Gasteiger partial charge < -0.3 is 15.2 Å². The molecule has 2 aliphatic heterocycles. The van der Waals surface area contributed by atoms with Gasteiger partial charge in [0.1, 0.15) is 5.92 Å². The summed E-state index contributed by atoms with van der Waals surface area (Å²) < 4.78 is 5.52. The molecule has 110 valence electrons. The first kappa shape index (κ1) is 14.2. The fourth-order valence-corrected chi connectivity index (χ4v) is 3.43. The lowest BCUT2D eigenvalue weighted by molar-refractivity contribution is -0.145. The smallest absolute Gasteiger partial charge is 0.310 e. The van der Waals surface area contributed by atoms with Gasteiger partial charge in [-0.2, -0.15) is 0 Å². The number of carboxylic acid groups (broad SMARTS) is 1. The van der Waals surface area contributed by atoms with E-state index in [1.54, 1.807) is 12.2 Å². The Morgan fingerprint density at radius 2 is 1.86 bits per heavy atom. The van der Waals surface area contributed by atoms with Gasteiger partial charge >= 0.3 is 5.97 Å². The standard InChI is InChI=1S/C15H15NO4S/c1-21-11-5-3-2-4-8(11)16-14(17)12-9-6-7-10(20-9)13(12)15(18)19/h2-7,9-10,12-13H,1H3,(H,16,17)(H,18,19). The van der Waals surface area contributed by atoms with Crippen LogP contribution in [0, 0.1) is 11.8 Å². The molecule has 2 N–H and O–H groups in total.